The fraction of sp³-hybridized carbons (Fsp3) is 0.458. The Hall–Kier alpha value is -2.26. The molecule has 1 aromatic carbocycles. The van der Waals surface area contributed by atoms with Gasteiger partial charge in [-0.1, -0.05) is 42.8 Å². The van der Waals surface area contributed by atoms with Gasteiger partial charge < -0.3 is 9.64 Å². The number of benzene rings is 1. The Balaban J connectivity index is 1.52. The number of hydrazone groups is 1. The Morgan fingerprint density at radius 3 is 2.70 bits per heavy atom. The van der Waals surface area contributed by atoms with Crippen LogP contribution < -0.4 is 0 Å². The summed E-state index contributed by atoms with van der Waals surface area (Å²) in [5, 5.41) is 8.84. The molecule has 0 radical (unpaired) electrons. The number of carbonyl (C=O) groups is 2. The first kappa shape index (κ1) is 23.9. The zero-order valence-corrected chi connectivity index (χ0v) is 20.4. The molecule has 4 rings (SSSR count). The van der Waals surface area contributed by atoms with E-state index in [1.165, 1.54) is 5.01 Å². The number of halogens is 1. The molecule has 2 amide bonds. The van der Waals surface area contributed by atoms with E-state index < -0.39 is 0 Å². The minimum absolute atomic E-state index is 0.000807. The van der Waals surface area contributed by atoms with Crippen molar-refractivity contribution in [3.05, 3.63) is 57.2 Å². The Morgan fingerprint density at radius 2 is 2.00 bits per heavy atom. The fourth-order valence-electron chi connectivity index (χ4n) is 4.16. The molecule has 9 heteroatoms. The maximum Gasteiger partial charge on any atom is 0.262 e. The summed E-state index contributed by atoms with van der Waals surface area (Å²) in [5.41, 5.74) is 1.73. The number of ether oxygens (including phenoxy) is 1. The van der Waals surface area contributed by atoms with E-state index in [2.05, 4.69) is 4.90 Å². The predicted octanol–water partition coefficient (Wildman–Crippen LogP) is 3.65. The molecule has 1 atom stereocenters. The number of morpholine rings is 1. The van der Waals surface area contributed by atoms with Gasteiger partial charge in [-0.05, 0) is 23.1 Å². The minimum Gasteiger partial charge on any atom is -0.379 e. The molecule has 0 N–H and O–H groups in total. The topological polar surface area (TPSA) is 65.5 Å². The van der Waals surface area contributed by atoms with Gasteiger partial charge in [-0.2, -0.15) is 5.10 Å². The first-order valence-corrected chi connectivity index (χ1v) is 12.6. The second-order valence-corrected chi connectivity index (χ2v) is 9.48. The van der Waals surface area contributed by atoms with Crippen molar-refractivity contribution in [1.82, 2.24) is 14.8 Å². The van der Waals surface area contributed by atoms with Crippen LogP contribution in [0.15, 0.2) is 46.9 Å². The zero-order valence-electron chi connectivity index (χ0n) is 18.8. The van der Waals surface area contributed by atoms with Gasteiger partial charge in [0, 0.05) is 44.0 Å². The van der Waals surface area contributed by atoms with Crippen molar-refractivity contribution in [2.75, 3.05) is 45.9 Å². The lowest BCUT2D eigenvalue weighted by Gasteiger charge is -2.31. The van der Waals surface area contributed by atoms with E-state index in [-0.39, 0.29) is 24.4 Å². The lowest BCUT2D eigenvalue weighted by atomic mass is 10.0. The number of thiophene rings is 1. The van der Waals surface area contributed by atoms with Crippen LogP contribution in [0, 0.1) is 0 Å². The Kier molecular flexibility index (Phi) is 8.14. The highest BCUT2D eigenvalue weighted by molar-refractivity contribution is 7.12. The van der Waals surface area contributed by atoms with Crippen LogP contribution in [0.25, 0.3) is 0 Å². The third-order valence-electron chi connectivity index (χ3n) is 6.01. The first-order chi connectivity index (χ1) is 16.1. The number of amides is 2. The summed E-state index contributed by atoms with van der Waals surface area (Å²) in [5.74, 6) is -0.234. The maximum atomic E-state index is 13.5. The van der Waals surface area contributed by atoms with Crippen LogP contribution in [0.3, 0.4) is 0 Å². The molecule has 0 bridgehead atoms. The molecule has 1 fully saturated rings. The standard InChI is InChI=1S/C24H29ClN4O3S/c1-2-23(30)28(10-9-27-11-13-32-14-12-27)17-24(31)29-21(18-6-3-4-7-19(18)25)16-20(26-29)22-8-5-15-33-22/h3-8,15,21H,2,9-14,16-17H2,1H3. The summed E-state index contributed by atoms with van der Waals surface area (Å²) in [6.45, 7) is 6.14. The fourth-order valence-corrected chi connectivity index (χ4v) is 5.14. The number of nitrogens with zero attached hydrogens (tertiary/aromatic N) is 4. The van der Waals surface area contributed by atoms with Gasteiger partial charge in [0.15, 0.2) is 0 Å². The highest BCUT2D eigenvalue weighted by atomic mass is 35.5. The third kappa shape index (κ3) is 5.81. The molecule has 33 heavy (non-hydrogen) atoms. The molecular formula is C24H29ClN4O3S. The summed E-state index contributed by atoms with van der Waals surface area (Å²) in [4.78, 5) is 31.1. The molecule has 3 heterocycles. The SMILES string of the molecule is CCC(=O)N(CCN1CCOCC1)CC(=O)N1N=C(c2cccs2)CC1c1ccccc1Cl. The first-order valence-electron chi connectivity index (χ1n) is 11.3. The number of carbonyl (C=O) groups excluding carboxylic acids is 2. The van der Waals surface area contributed by atoms with Gasteiger partial charge in [0.2, 0.25) is 5.91 Å². The number of rotatable bonds is 8. The second kappa shape index (κ2) is 11.2. The molecule has 2 aliphatic rings. The maximum absolute atomic E-state index is 13.5. The largest absolute Gasteiger partial charge is 0.379 e. The second-order valence-electron chi connectivity index (χ2n) is 8.13. The van der Waals surface area contributed by atoms with Crippen molar-refractivity contribution in [1.29, 1.82) is 0 Å². The van der Waals surface area contributed by atoms with Crippen molar-refractivity contribution in [3.63, 3.8) is 0 Å². The van der Waals surface area contributed by atoms with Crippen molar-refractivity contribution in [3.8, 4) is 0 Å². The smallest absolute Gasteiger partial charge is 0.262 e. The number of hydrogen-bond donors (Lipinski definition) is 0. The van der Waals surface area contributed by atoms with Crippen molar-refractivity contribution < 1.29 is 14.3 Å². The lowest BCUT2D eigenvalue weighted by molar-refractivity contribution is -0.141. The molecular weight excluding hydrogens is 460 g/mol. The van der Waals surface area contributed by atoms with E-state index in [4.69, 9.17) is 21.4 Å². The van der Waals surface area contributed by atoms with E-state index in [1.54, 1.807) is 16.2 Å². The molecule has 1 aromatic heterocycles. The highest BCUT2D eigenvalue weighted by Gasteiger charge is 2.35. The van der Waals surface area contributed by atoms with Crippen molar-refractivity contribution in [2.45, 2.75) is 25.8 Å². The molecule has 1 unspecified atom stereocenters. The van der Waals surface area contributed by atoms with E-state index in [1.807, 2.05) is 48.7 Å². The minimum atomic E-state index is -0.291. The monoisotopic (exact) mass is 488 g/mol. The molecule has 2 aliphatic heterocycles. The van der Waals surface area contributed by atoms with Gasteiger partial charge in [0.1, 0.15) is 6.54 Å². The van der Waals surface area contributed by atoms with Crippen LogP contribution in [-0.4, -0.2) is 78.3 Å². The zero-order chi connectivity index (χ0) is 23.2. The molecule has 0 saturated carbocycles. The average Bonchev–Trinajstić information content (AvgIpc) is 3.52. The molecule has 176 valence electrons. The van der Waals surface area contributed by atoms with Crippen LogP contribution in [0.4, 0.5) is 0 Å². The Bertz CT molecular complexity index is 991. The normalized spacial score (nSPS) is 18.9. The highest BCUT2D eigenvalue weighted by Crippen LogP contribution is 2.37. The van der Waals surface area contributed by atoms with Gasteiger partial charge in [-0.25, -0.2) is 5.01 Å². The predicted molar refractivity (Wildman–Crippen MR) is 131 cm³/mol. The molecule has 0 spiro atoms. The van der Waals surface area contributed by atoms with Gasteiger partial charge in [0.05, 0.1) is 29.8 Å². The van der Waals surface area contributed by atoms with Crippen LogP contribution in [0.2, 0.25) is 5.02 Å². The summed E-state index contributed by atoms with van der Waals surface area (Å²) in [6.07, 6.45) is 0.944. The van der Waals surface area contributed by atoms with E-state index >= 15 is 0 Å². The van der Waals surface area contributed by atoms with Crippen LogP contribution in [0.1, 0.15) is 36.2 Å². The Morgan fingerprint density at radius 1 is 1.21 bits per heavy atom. The summed E-state index contributed by atoms with van der Waals surface area (Å²) in [6, 6.07) is 11.3. The Labute approximate surface area is 203 Å². The molecule has 7 nitrogen and oxygen atoms in total. The average molecular weight is 489 g/mol. The van der Waals surface area contributed by atoms with E-state index in [0.717, 1.165) is 35.8 Å². The van der Waals surface area contributed by atoms with Crippen molar-refractivity contribution >= 4 is 40.5 Å². The van der Waals surface area contributed by atoms with Crippen LogP contribution >= 0.6 is 22.9 Å². The molecule has 0 aliphatic carbocycles. The van der Waals surface area contributed by atoms with Gasteiger partial charge in [-0.15, -0.1) is 11.3 Å². The van der Waals surface area contributed by atoms with Crippen molar-refractivity contribution in [2.24, 2.45) is 5.10 Å². The van der Waals surface area contributed by atoms with Crippen LogP contribution in [-0.2, 0) is 14.3 Å². The van der Waals surface area contributed by atoms with E-state index in [9.17, 15) is 9.59 Å². The van der Waals surface area contributed by atoms with Crippen LogP contribution in [0.5, 0.6) is 0 Å². The molecule has 2 aromatic rings. The van der Waals surface area contributed by atoms with Gasteiger partial charge in [0.25, 0.3) is 5.91 Å². The quantitative estimate of drug-likeness (QED) is 0.569. The summed E-state index contributed by atoms with van der Waals surface area (Å²) in [7, 11) is 0. The summed E-state index contributed by atoms with van der Waals surface area (Å²) >= 11 is 8.09. The number of hydrogen-bond acceptors (Lipinski definition) is 6. The van der Waals surface area contributed by atoms with Gasteiger partial charge in [-0.3, -0.25) is 14.5 Å². The lowest BCUT2D eigenvalue weighted by Crippen LogP contribution is -2.46. The van der Waals surface area contributed by atoms with Gasteiger partial charge >= 0.3 is 0 Å². The molecule has 1 saturated heterocycles. The third-order valence-corrected chi connectivity index (χ3v) is 7.27. The summed E-state index contributed by atoms with van der Waals surface area (Å²) < 4.78 is 5.40. The van der Waals surface area contributed by atoms with E-state index in [0.29, 0.717) is 37.6 Å².